The van der Waals surface area contributed by atoms with Gasteiger partial charge in [-0.25, -0.2) is 8.42 Å². The first-order valence-electron chi connectivity index (χ1n) is 8.27. The van der Waals surface area contributed by atoms with Crippen LogP contribution in [0.4, 0.5) is 10.8 Å². The highest BCUT2D eigenvalue weighted by Gasteiger charge is 2.23. The van der Waals surface area contributed by atoms with Gasteiger partial charge in [-0.05, 0) is 36.8 Å². The number of benzene rings is 2. The molecule has 1 heterocycles. The van der Waals surface area contributed by atoms with E-state index in [1.807, 2.05) is 0 Å². The smallest absolute Gasteiger partial charge is 0.246 e. The average molecular weight is 471 g/mol. The lowest BCUT2D eigenvalue weighted by molar-refractivity contribution is -0.114. The Balaban J connectivity index is 1.78. The Kier molecular flexibility index (Phi) is 6.42. The van der Waals surface area contributed by atoms with Crippen LogP contribution in [0.3, 0.4) is 0 Å². The van der Waals surface area contributed by atoms with Gasteiger partial charge in [0.15, 0.2) is 0 Å². The molecule has 0 aliphatic carbocycles. The third-order valence-electron chi connectivity index (χ3n) is 3.96. The number of aromatic nitrogens is 2. The molecule has 152 valence electrons. The molecule has 0 radical (unpaired) electrons. The first kappa shape index (κ1) is 21.5. The number of amides is 1. The maximum atomic E-state index is 12.5. The molecule has 0 fully saturated rings. The Labute approximate surface area is 182 Å². The van der Waals surface area contributed by atoms with Crippen LogP contribution in [0.15, 0.2) is 42.5 Å². The molecular formula is C18H16Cl2N4O3S2. The minimum Gasteiger partial charge on any atom is -0.299 e. The maximum Gasteiger partial charge on any atom is 0.246 e. The van der Waals surface area contributed by atoms with Crippen LogP contribution in [0.2, 0.25) is 10.0 Å². The van der Waals surface area contributed by atoms with Crippen molar-refractivity contribution in [2.75, 3.05) is 22.4 Å². The monoisotopic (exact) mass is 470 g/mol. The Hall–Kier alpha value is -2.20. The van der Waals surface area contributed by atoms with Crippen molar-refractivity contribution in [2.45, 2.75) is 6.92 Å². The first-order chi connectivity index (χ1) is 13.6. The normalized spacial score (nSPS) is 11.3. The van der Waals surface area contributed by atoms with Crippen LogP contribution in [0.5, 0.6) is 0 Å². The van der Waals surface area contributed by atoms with Crippen LogP contribution < -0.4 is 9.62 Å². The number of nitrogens with zero attached hydrogens (tertiary/aromatic N) is 3. The van der Waals surface area contributed by atoms with E-state index in [0.29, 0.717) is 26.3 Å². The standard InChI is InChI=1S/C18H16Cl2N4O3S2/c1-11-14(20)4-3-5-15(11)24(29(2,26)27)10-16(25)21-18-23-22-17(28-18)12-6-8-13(19)9-7-12/h3-9H,10H2,1-2H3,(H,21,23,25). The van der Waals surface area contributed by atoms with Gasteiger partial charge in [0, 0.05) is 15.6 Å². The lowest BCUT2D eigenvalue weighted by Gasteiger charge is -2.23. The number of carbonyl (C=O) groups is 1. The molecule has 7 nitrogen and oxygen atoms in total. The zero-order chi connectivity index (χ0) is 21.2. The number of anilines is 2. The fraction of sp³-hybridized carbons (Fsp3) is 0.167. The topological polar surface area (TPSA) is 92.3 Å². The van der Waals surface area contributed by atoms with E-state index < -0.39 is 22.5 Å². The van der Waals surface area contributed by atoms with Crippen molar-refractivity contribution in [2.24, 2.45) is 0 Å². The summed E-state index contributed by atoms with van der Waals surface area (Å²) in [6, 6.07) is 11.9. The Morgan fingerprint density at radius 1 is 1.14 bits per heavy atom. The predicted molar refractivity (Wildman–Crippen MR) is 117 cm³/mol. The van der Waals surface area contributed by atoms with Crippen LogP contribution in [0, 0.1) is 6.92 Å². The fourth-order valence-electron chi connectivity index (χ4n) is 2.52. The second-order valence-electron chi connectivity index (χ2n) is 6.12. The molecule has 3 rings (SSSR count). The molecule has 0 aliphatic rings. The number of hydrogen-bond donors (Lipinski definition) is 1. The highest BCUT2D eigenvalue weighted by Crippen LogP contribution is 2.29. The molecule has 1 amide bonds. The van der Waals surface area contributed by atoms with Gasteiger partial charge in [-0.2, -0.15) is 0 Å². The summed E-state index contributed by atoms with van der Waals surface area (Å²) in [6.07, 6.45) is 1.03. The van der Waals surface area contributed by atoms with Crippen molar-refractivity contribution in [3.63, 3.8) is 0 Å². The lowest BCUT2D eigenvalue weighted by atomic mass is 10.2. The van der Waals surface area contributed by atoms with Crippen LogP contribution in [-0.2, 0) is 14.8 Å². The number of carbonyl (C=O) groups excluding carboxylic acids is 1. The number of sulfonamides is 1. The summed E-state index contributed by atoms with van der Waals surface area (Å²) in [5.41, 5.74) is 1.71. The van der Waals surface area contributed by atoms with Crippen molar-refractivity contribution in [3.8, 4) is 10.6 Å². The van der Waals surface area contributed by atoms with Gasteiger partial charge in [-0.1, -0.05) is 52.7 Å². The molecule has 0 spiro atoms. The van der Waals surface area contributed by atoms with Gasteiger partial charge in [0.1, 0.15) is 11.6 Å². The quantitative estimate of drug-likeness (QED) is 0.581. The van der Waals surface area contributed by atoms with Crippen molar-refractivity contribution in [1.82, 2.24) is 10.2 Å². The molecule has 0 aliphatic heterocycles. The summed E-state index contributed by atoms with van der Waals surface area (Å²) in [5.74, 6) is -0.548. The van der Waals surface area contributed by atoms with Crippen LogP contribution in [-0.4, -0.2) is 37.3 Å². The van der Waals surface area contributed by atoms with Gasteiger partial charge >= 0.3 is 0 Å². The molecule has 0 bridgehead atoms. The average Bonchev–Trinajstić information content (AvgIpc) is 3.10. The highest BCUT2D eigenvalue weighted by molar-refractivity contribution is 7.92. The van der Waals surface area contributed by atoms with Crippen molar-refractivity contribution >= 4 is 61.3 Å². The zero-order valence-corrected chi connectivity index (χ0v) is 18.5. The molecule has 0 unspecified atom stereocenters. The number of halogens is 2. The summed E-state index contributed by atoms with van der Waals surface area (Å²) < 4.78 is 25.5. The maximum absolute atomic E-state index is 12.5. The van der Waals surface area contributed by atoms with Gasteiger partial charge in [-0.15, -0.1) is 10.2 Å². The first-order valence-corrected chi connectivity index (χ1v) is 11.7. The molecule has 11 heteroatoms. The predicted octanol–water partition coefficient (Wildman–Crippen LogP) is 4.23. The van der Waals surface area contributed by atoms with E-state index in [9.17, 15) is 13.2 Å². The van der Waals surface area contributed by atoms with Crippen LogP contribution in [0.25, 0.3) is 10.6 Å². The molecule has 29 heavy (non-hydrogen) atoms. The van der Waals surface area contributed by atoms with Gasteiger partial charge in [-0.3, -0.25) is 14.4 Å². The van der Waals surface area contributed by atoms with Crippen molar-refractivity contribution < 1.29 is 13.2 Å². The lowest BCUT2D eigenvalue weighted by Crippen LogP contribution is -2.37. The van der Waals surface area contributed by atoms with E-state index in [1.54, 1.807) is 49.4 Å². The molecular weight excluding hydrogens is 455 g/mol. The fourth-order valence-corrected chi connectivity index (χ4v) is 4.49. The van der Waals surface area contributed by atoms with Crippen LogP contribution >= 0.6 is 34.5 Å². The van der Waals surface area contributed by atoms with E-state index in [2.05, 4.69) is 15.5 Å². The molecule has 0 saturated carbocycles. The molecule has 1 aromatic heterocycles. The minimum absolute atomic E-state index is 0.260. The van der Waals surface area contributed by atoms with Crippen LogP contribution in [0.1, 0.15) is 5.56 Å². The van der Waals surface area contributed by atoms with Gasteiger partial charge < -0.3 is 0 Å². The van der Waals surface area contributed by atoms with Crippen molar-refractivity contribution in [3.05, 3.63) is 58.1 Å². The number of rotatable bonds is 6. The SMILES string of the molecule is Cc1c(Cl)cccc1N(CC(=O)Nc1nnc(-c2ccc(Cl)cc2)s1)S(C)(=O)=O. The minimum atomic E-state index is -3.72. The summed E-state index contributed by atoms with van der Waals surface area (Å²) in [7, 11) is -3.72. The molecule has 1 N–H and O–H groups in total. The molecule has 2 aromatic carbocycles. The molecule has 0 atom stereocenters. The third-order valence-corrected chi connectivity index (χ3v) is 6.63. The van der Waals surface area contributed by atoms with Gasteiger partial charge in [0.25, 0.3) is 0 Å². The Morgan fingerprint density at radius 2 is 1.83 bits per heavy atom. The Morgan fingerprint density at radius 3 is 2.48 bits per heavy atom. The number of nitrogens with one attached hydrogen (secondary N) is 1. The summed E-state index contributed by atoms with van der Waals surface area (Å²) >= 11 is 13.1. The summed E-state index contributed by atoms with van der Waals surface area (Å²) in [4.78, 5) is 12.5. The van der Waals surface area contributed by atoms with E-state index >= 15 is 0 Å². The third kappa shape index (κ3) is 5.24. The van der Waals surface area contributed by atoms with E-state index in [-0.39, 0.29) is 5.13 Å². The number of hydrogen-bond acceptors (Lipinski definition) is 6. The van der Waals surface area contributed by atoms with E-state index in [0.717, 1.165) is 16.1 Å². The van der Waals surface area contributed by atoms with Gasteiger partial charge in [0.05, 0.1) is 11.9 Å². The largest absolute Gasteiger partial charge is 0.299 e. The Bertz CT molecular complexity index is 1150. The van der Waals surface area contributed by atoms with Gasteiger partial charge in [0.2, 0.25) is 21.1 Å². The second-order valence-corrected chi connectivity index (χ2v) is 9.85. The van der Waals surface area contributed by atoms with E-state index in [1.165, 1.54) is 11.3 Å². The zero-order valence-electron chi connectivity index (χ0n) is 15.4. The van der Waals surface area contributed by atoms with E-state index in [4.69, 9.17) is 23.2 Å². The highest BCUT2D eigenvalue weighted by atomic mass is 35.5. The molecule has 0 saturated heterocycles. The van der Waals surface area contributed by atoms with Crippen molar-refractivity contribution in [1.29, 1.82) is 0 Å². The molecule has 3 aromatic rings. The second kappa shape index (κ2) is 8.66. The summed E-state index contributed by atoms with van der Waals surface area (Å²) in [6.45, 7) is 1.27. The summed E-state index contributed by atoms with van der Waals surface area (Å²) in [5, 5.41) is 12.4.